The van der Waals surface area contributed by atoms with Crippen molar-refractivity contribution in [2.45, 2.75) is 17.8 Å². The van der Waals surface area contributed by atoms with Crippen molar-refractivity contribution in [1.29, 1.82) is 0 Å². The Hall–Kier alpha value is -2.33. The maximum absolute atomic E-state index is 12.8. The van der Waals surface area contributed by atoms with Gasteiger partial charge in [0.2, 0.25) is 11.8 Å². The molecule has 2 aromatic carbocycles. The van der Waals surface area contributed by atoms with E-state index in [-0.39, 0.29) is 23.2 Å². The van der Waals surface area contributed by atoms with E-state index < -0.39 is 22.9 Å². The summed E-state index contributed by atoms with van der Waals surface area (Å²) in [5.41, 5.74) is -0.166. The Morgan fingerprint density at radius 1 is 1.21 bits per heavy atom. The summed E-state index contributed by atoms with van der Waals surface area (Å²) in [4.78, 5) is 28.2. The number of aliphatic imine (C=N–C) groups is 1. The van der Waals surface area contributed by atoms with Crippen LogP contribution in [0.15, 0.2) is 58.0 Å². The second-order valence-corrected chi connectivity index (χ2v) is 7.93. The average Bonchev–Trinajstić information content (AvgIpc) is 2.95. The third-order valence-electron chi connectivity index (χ3n) is 3.68. The molecule has 0 unspecified atom stereocenters. The molecule has 0 aromatic heterocycles. The molecule has 1 aliphatic rings. The standard InChI is InChI=1S/C18H13BrF3N3O2S/c19-11-4-6-12(7-5-11)23-15(26)9-14-16(27)25-17(28-14)24-13-3-1-2-10(8-13)18(20,21)22/h1-8,14H,9H2,(H,23,26)(H,24,25,27)/t14-/m1/s1. The zero-order valence-electron chi connectivity index (χ0n) is 14.1. The Bertz CT molecular complexity index is 932. The molecule has 1 fully saturated rings. The minimum Gasteiger partial charge on any atom is -0.326 e. The average molecular weight is 472 g/mol. The third kappa shape index (κ3) is 5.35. The molecule has 28 heavy (non-hydrogen) atoms. The maximum atomic E-state index is 12.8. The van der Waals surface area contributed by atoms with Crippen molar-refractivity contribution in [2.24, 2.45) is 4.99 Å². The largest absolute Gasteiger partial charge is 0.416 e. The minimum absolute atomic E-state index is 0.0672. The molecule has 1 aliphatic heterocycles. The van der Waals surface area contributed by atoms with Crippen LogP contribution in [0.3, 0.4) is 0 Å². The number of amides is 2. The molecule has 0 aliphatic carbocycles. The zero-order chi connectivity index (χ0) is 20.3. The van der Waals surface area contributed by atoms with Crippen molar-refractivity contribution in [2.75, 3.05) is 5.32 Å². The Kier molecular flexibility index (Phi) is 6.09. The molecular formula is C18H13BrF3N3O2S. The van der Waals surface area contributed by atoms with Crippen molar-refractivity contribution in [3.8, 4) is 0 Å². The zero-order valence-corrected chi connectivity index (χ0v) is 16.5. The highest BCUT2D eigenvalue weighted by Gasteiger charge is 2.33. The van der Waals surface area contributed by atoms with E-state index in [4.69, 9.17) is 0 Å². The van der Waals surface area contributed by atoms with E-state index in [9.17, 15) is 22.8 Å². The number of amidine groups is 1. The van der Waals surface area contributed by atoms with Gasteiger partial charge in [0.05, 0.1) is 11.3 Å². The number of benzene rings is 2. The van der Waals surface area contributed by atoms with Gasteiger partial charge in [0.15, 0.2) is 5.17 Å². The predicted molar refractivity (Wildman–Crippen MR) is 105 cm³/mol. The Morgan fingerprint density at radius 2 is 1.93 bits per heavy atom. The van der Waals surface area contributed by atoms with Crippen molar-refractivity contribution < 1.29 is 22.8 Å². The molecule has 10 heteroatoms. The predicted octanol–water partition coefficient (Wildman–Crippen LogP) is 4.72. The fourth-order valence-electron chi connectivity index (χ4n) is 2.37. The van der Waals surface area contributed by atoms with Crippen LogP contribution in [0.4, 0.5) is 24.5 Å². The number of alkyl halides is 3. The molecular weight excluding hydrogens is 459 g/mol. The molecule has 1 atom stereocenters. The molecule has 0 saturated carbocycles. The van der Waals surface area contributed by atoms with E-state index in [0.717, 1.165) is 28.4 Å². The van der Waals surface area contributed by atoms with Crippen LogP contribution in [0, 0.1) is 0 Å². The highest BCUT2D eigenvalue weighted by Crippen LogP contribution is 2.32. The van der Waals surface area contributed by atoms with E-state index in [0.29, 0.717) is 5.69 Å². The number of rotatable bonds is 4. The number of nitrogens with one attached hydrogen (secondary N) is 2. The van der Waals surface area contributed by atoms with E-state index in [1.165, 1.54) is 12.1 Å². The number of carbonyl (C=O) groups is 2. The van der Waals surface area contributed by atoms with E-state index in [1.807, 2.05) is 0 Å². The molecule has 0 spiro atoms. The van der Waals surface area contributed by atoms with E-state index >= 15 is 0 Å². The lowest BCUT2D eigenvalue weighted by molar-refractivity contribution is -0.137. The first-order valence-corrected chi connectivity index (χ1v) is 9.67. The number of nitrogens with zero attached hydrogens (tertiary/aromatic N) is 1. The van der Waals surface area contributed by atoms with Crippen molar-refractivity contribution in [3.63, 3.8) is 0 Å². The van der Waals surface area contributed by atoms with Gasteiger partial charge in [-0.3, -0.25) is 9.59 Å². The van der Waals surface area contributed by atoms with Crippen LogP contribution in [0.5, 0.6) is 0 Å². The fraction of sp³-hybridized carbons (Fsp3) is 0.167. The summed E-state index contributed by atoms with van der Waals surface area (Å²) in [6.07, 6.45) is -4.57. The first kappa shape index (κ1) is 20.4. The summed E-state index contributed by atoms with van der Waals surface area (Å²) < 4.78 is 39.2. The molecule has 2 amide bonds. The van der Waals surface area contributed by atoms with Gasteiger partial charge >= 0.3 is 6.18 Å². The lowest BCUT2D eigenvalue weighted by atomic mass is 10.2. The molecule has 5 nitrogen and oxygen atoms in total. The van der Waals surface area contributed by atoms with Gasteiger partial charge < -0.3 is 10.6 Å². The molecule has 0 bridgehead atoms. The highest BCUT2D eigenvalue weighted by molar-refractivity contribution is 9.10. The summed E-state index contributed by atoms with van der Waals surface area (Å²) in [6.45, 7) is 0. The Morgan fingerprint density at radius 3 is 2.61 bits per heavy atom. The lowest BCUT2D eigenvalue weighted by Gasteiger charge is -2.07. The van der Waals surface area contributed by atoms with Crippen LogP contribution in [0.25, 0.3) is 0 Å². The van der Waals surface area contributed by atoms with Crippen molar-refractivity contribution in [3.05, 3.63) is 58.6 Å². The first-order chi connectivity index (χ1) is 13.2. The summed E-state index contributed by atoms with van der Waals surface area (Å²) >= 11 is 4.30. The van der Waals surface area contributed by atoms with Crippen LogP contribution in [-0.2, 0) is 15.8 Å². The maximum Gasteiger partial charge on any atom is 0.416 e. The van der Waals surface area contributed by atoms with Gasteiger partial charge in [-0.05, 0) is 42.5 Å². The Balaban J connectivity index is 1.64. The highest BCUT2D eigenvalue weighted by atomic mass is 79.9. The molecule has 2 aromatic rings. The normalized spacial score (nSPS) is 18.2. The van der Waals surface area contributed by atoms with E-state index in [1.54, 1.807) is 24.3 Å². The second-order valence-electron chi connectivity index (χ2n) is 5.82. The number of anilines is 1. The van der Waals surface area contributed by atoms with Crippen LogP contribution in [0.2, 0.25) is 0 Å². The van der Waals surface area contributed by atoms with Gasteiger partial charge in [0.1, 0.15) is 5.25 Å². The number of carbonyl (C=O) groups excluding carboxylic acids is 2. The SMILES string of the molecule is O=C(C[C@H]1SC(=Nc2cccc(C(F)(F)F)c2)NC1=O)Nc1ccc(Br)cc1. The molecule has 2 N–H and O–H groups in total. The summed E-state index contributed by atoms with van der Waals surface area (Å²) in [5.74, 6) is -0.767. The number of hydrogen-bond donors (Lipinski definition) is 2. The smallest absolute Gasteiger partial charge is 0.326 e. The quantitative estimate of drug-likeness (QED) is 0.677. The number of halogens is 4. The molecule has 3 rings (SSSR count). The van der Waals surface area contributed by atoms with Gasteiger partial charge in [-0.25, -0.2) is 4.99 Å². The van der Waals surface area contributed by atoms with Gasteiger partial charge in [0, 0.05) is 16.6 Å². The van der Waals surface area contributed by atoms with Gasteiger partial charge in [0.25, 0.3) is 0 Å². The van der Waals surface area contributed by atoms with Gasteiger partial charge in [-0.2, -0.15) is 13.2 Å². The van der Waals surface area contributed by atoms with E-state index in [2.05, 4.69) is 31.6 Å². The Labute approximate surface area is 170 Å². The summed E-state index contributed by atoms with van der Waals surface area (Å²) in [7, 11) is 0. The fourth-order valence-corrected chi connectivity index (χ4v) is 3.63. The van der Waals surface area contributed by atoms with Gasteiger partial charge in [-0.1, -0.05) is 33.8 Å². The summed E-state index contributed by atoms with van der Waals surface area (Å²) in [6, 6.07) is 11.5. The van der Waals surface area contributed by atoms with Crippen LogP contribution >= 0.6 is 27.7 Å². The van der Waals surface area contributed by atoms with Crippen molar-refractivity contribution >= 4 is 56.0 Å². The topological polar surface area (TPSA) is 70.6 Å². The monoisotopic (exact) mass is 471 g/mol. The molecule has 1 saturated heterocycles. The van der Waals surface area contributed by atoms with Gasteiger partial charge in [-0.15, -0.1) is 0 Å². The number of hydrogen-bond acceptors (Lipinski definition) is 4. The van der Waals surface area contributed by atoms with Crippen LogP contribution in [0.1, 0.15) is 12.0 Å². The first-order valence-electron chi connectivity index (χ1n) is 7.99. The molecule has 0 radical (unpaired) electrons. The van der Waals surface area contributed by atoms with Crippen LogP contribution < -0.4 is 10.6 Å². The van der Waals surface area contributed by atoms with Crippen molar-refractivity contribution in [1.82, 2.24) is 5.32 Å². The third-order valence-corrected chi connectivity index (χ3v) is 5.29. The molecule has 1 heterocycles. The lowest BCUT2D eigenvalue weighted by Crippen LogP contribution is -2.28. The second kappa shape index (κ2) is 8.36. The summed E-state index contributed by atoms with van der Waals surface area (Å²) in [5, 5.41) is 4.63. The molecule has 146 valence electrons. The minimum atomic E-state index is -4.48. The number of thioether (sulfide) groups is 1. The van der Waals surface area contributed by atoms with Crippen LogP contribution in [-0.4, -0.2) is 22.2 Å².